The molecule has 1 atom stereocenters. The maximum atomic E-state index is 12.7. The van der Waals surface area contributed by atoms with Gasteiger partial charge in [-0.05, 0) is 38.7 Å². The fourth-order valence-corrected chi connectivity index (χ4v) is 2.75. The van der Waals surface area contributed by atoms with Gasteiger partial charge in [0.05, 0.1) is 6.04 Å². The van der Waals surface area contributed by atoms with Crippen LogP contribution in [0, 0.1) is 6.92 Å². The molecule has 2 N–H and O–H groups in total. The number of H-pyrrole nitrogens is 2. The van der Waals surface area contributed by atoms with Crippen molar-refractivity contribution in [3.8, 4) is 0 Å². The largest absolute Gasteiger partial charge is 0.327 e. The molecule has 0 saturated carbocycles. The van der Waals surface area contributed by atoms with Gasteiger partial charge in [-0.25, -0.2) is 4.98 Å². The number of likely N-dealkylation sites (tertiary alicyclic amines) is 1. The predicted octanol–water partition coefficient (Wildman–Crippen LogP) is 1.77. The zero-order chi connectivity index (χ0) is 14.8. The third kappa shape index (κ3) is 2.68. The molecule has 1 aliphatic heterocycles. The molecule has 0 aromatic carbocycles. The van der Waals surface area contributed by atoms with E-state index in [4.69, 9.17) is 0 Å². The quantitative estimate of drug-likeness (QED) is 0.900. The van der Waals surface area contributed by atoms with Gasteiger partial charge in [0.2, 0.25) is 0 Å². The first-order valence-corrected chi connectivity index (χ1v) is 7.43. The summed E-state index contributed by atoms with van der Waals surface area (Å²) in [6, 6.07) is 1.77. The molecule has 0 unspecified atom stereocenters. The molecular weight excluding hydrogens is 268 g/mol. The second kappa shape index (κ2) is 5.67. The van der Waals surface area contributed by atoms with E-state index >= 15 is 0 Å². The number of nitrogens with zero attached hydrogens (tertiary/aromatic N) is 4. The number of hydrogen-bond acceptors (Lipinski definition) is 4. The summed E-state index contributed by atoms with van der Waals surface area (Å²) >= 11 is 0. The van der Waals surface area contributed by atoms with E-state index < -0.39 is 0 Å². The maximum absolute atomic E-state index is 12.7. The topological polar surface area (TPSA) is 90.6 Å². The summed E-state index contributed by atoms with van der Waals surface area (Å²) in [6.45, 7) is 4.63. The van der Waals surface area contributed by atoms with Crippen LogP contribution in [-0.2, 0) is 6.42 Å². The van der Waals surface area contributed by atoms with Gasteiger partial charge in [-0.15, -0.1) is 0 Å². The van der Waals surface area contributed by atoms with Crippen molar-refractivity contribution in [2.45, 2.75) is 45.6 Å². The van der Waals surface area contributed by atoms with Crippen LogP contribution in [0.1, 0.15) is 60.1 Å². The molecule has 1 saturated heterocycles. The van der Waals surface area contributed by atoms with E-state index in [1.165, 1.54) is 0 Å². The highest BCUT2D eigenvalue weighted by Gasteiger charge is 2.32. The Morgan fingerprint density at radius 1 is 1.38 bits per heavy atom. The number of carbonyl (C=O) groups is 1. The van der Waals surface area contributed by atoms with Crippen molar-refractivity contribution in [3.63, 3.8) is 0 Å². The Hall–Kier alpha value is -2.18. The minimum atomic E-state index is -0.0574. The van der Waals surface area contributed by atoms with E-state index in [9.17, 15) is 4.79 Å². The van der Waals surface area contributed by atoms with Gasteiger partial charge in [0.25, 0.3) is 5.91 Å². The molecule has 0 spiro atoms. The number of carbonyl (C=O) groups excluding carboxylic acids is 1. The first kappa shape index (κ1) is 13.8. The molecule has 0 radical (unpaired) electrons. The van der Waals surface area contributed by atoms with Gasteiger partial charge in [-0.3, -0.25) is 15.0 Å². The second-order valence-corrected chi connectivity index (χ2v) is 5.42. The van der Waals surface area contributed by atoms with Crippen LogP contribution in [0.4, 0.5) is 0 Å². The van der Waals surface area contributed by atoms with Gasteiger partial charge in [0.1, 0.15) is 11.5 Å². The van der Waals surface area contributed by atoms with Crippen molar-refractivity contribution in [2.75, 3.05) is 6.54 Å². The maximum Gasteiger partial charge on any atom is 0.274 e. The summed E-state index contributed by atoms with van der Waals surface area (Å²) in [5.74, 6) is 1.43. The van der Waals surface area contributed by atoms with Gasteiger partial charge in [-0.2, -0.15) is 10.2 Å². The van der Waals surface area contributed by atoms with Crippen molar-refractivity contribution in [1.29, 1.82) is 0 Å². The van der Waals surface area contributed by atoms with E-state index in [2.05, 4.69) is 25.4 Å². The lowest BCUT2D eigenvalue weighted by Crippen LogP contribution is -2.39. The number of nitrogens with one attached hydrogen (secondary N) is 2. The summed E-state index contributed by atoms with van der Waals surface area (Å²) in [5, 5.41) is 14.1. The predicted molar refractivity (Wildman–Crippen MR) is 76.7 cm³/mol. The first-order valence-electron chi connectivity index (χ1n) is 7.43. The van der Waals surface area contributed by atoms with Crippen molar-refractivity contribution in [2.24, 2.45) is 0 Å². The van der Waals surface area contributed by atoms with E-state index in [0.29, 0.717) is 11.5 Å². The molecule has 7 nitrogen and oxygen atoms in total. The Labute approximate surface area is 123 Å². The summed E-state index contributed by atoms with van der Waals surface area (Å²) in [6.07, 6.45) is 3.83. The average molecular weight is 288 g/mol. The standard InChI is InChI=1S/C14H20N6O/c1-3-10-8-11(18-17-10)14(21)20-7-5-4-6-12(20)13-15-9(2)16-19-13/h8,12H,3-7H2,1-2H3,(H,17,18)(H,15,16,19)/t12-/m0/s1. The lowest BCUT2D eigenvalue weighted by atomic mass is 10.0. The Morgan fingerprint density at radius 2 is 2.24 bits per heavy atom. The summed E-state index contributed by atoms with van der Waals surface area (Å²) in [7, 11) is 0. The van der Waals surface area contributed by atoms with Crippen molar-refractivity contribution < 1.29 is 4.79 Å². The Kier molecular flexibility index (Phi) is 3.72. The molecule has 3 rings (SSSR count). The normalized spacial score (nSPS) is 19.0. The first-order chi connectivity index (χ1) is 10.2. The molecule has 112 valence electrons. The fourth-order valence-electron chi connectivity index (χ4n) is 2.75. The Bertz CT molecular complexity index is 631. The molecule has 0 bridgehead atoms. The van der Waals surface area contributed by atoms with Gasteiger partial charge >= 0.3 is 0 Å². The highest BCUT2D eigenvalue weighted by Crippen LogP contribution is 2.29. The summed E-state index contributed by atoms with van der Waals surface area (Å²) < 4.78 is 0. The highest BCUT2D eigenvalue weighted by atomic mass is 16.2. The zero-order valence-corrected chi connectivity index (χ0v) is 12.4. The van der Waals surface area contributed by atoms with Gasteiger partial charge in [0.15, 0.2) is 5.82 Å². The molecule has 3 heterocycles. The van der Waals surface area contributed by atoms with Crippen LogP contribution in [0.2, 0.25) is 0 Å². The number of aromatic nitrogens is 5. The number of hydrogen-bond donors (Lipinski definition) is 2. The third-order valence-electron chi connectivity index (χ3n) is 3.91. The molecule has 21 heavy (non-hydrogen) atoms. The van der Waals surface area contributed by atoms with E-state index in [1.54, 1.807) is 0 Å². The van der Waals surface area contributed by atoms with Crippen molar-refractivity contribution in [1.82, 2.24) is 30.3 Å². The Balaban J connectivity index is 1.85. The Morgan fingerprint density at radius 3 is 2.90 bits per heavy atom. The van der Waals surface area contributed by atoms with E-state index in [-0.39, 0.29) is 11.9 Å². The minimum Gasteiger partial charge on any atom is -0.327 e. The second-order valence-electron chi connectivity index (χ2n) is 5.42. The highest BCUT2D eigenvalue weighted by molar-refractivity contribution is 5.92. The molecule has 1 amide bonds. The monoisotopic (exact) mass is 288 g/mol. The van der Waals surface area contributed by atoms with E-state index in [1.807, 2.05) is 24.8 Å². The van der Waals surface area contributed by atoms with Crippen LogP contribution < -0.4 is 0 Å². The van der Waals surface area contributed by atoms with Crippen LogP contribution in [0.3, 0.4) is 0 Å². The molecule has 0 aliphatic carbocycles. The van der Waals surface area contributed by atoms with Crippen LogP contribution in [0.25, 0.3) is 0 Å². The molecule has 1 fully saturated rings. The SMILES string of the molecule is CCc1cc(C(=O)N2CCCC[C@H]2c2n[nH]c(C)n2)n[nH]1. The van der Waals surface area contributed by atoms with Gasteiger partial charge in [0, 0.05) is 12.2 Å². The van der Waals surface area contributed by atoms with Crippen LogP contribution >= 0.6 is 0 Å². The smallest absolute Gasteiger partial charge is 0.274 e. The fraction of sp³-hybridized carbons (Fsp3) is 0.571. The van der Waals surface area contributed by atoms with Crippen LogP contribution in [0.15, 0.2) is 6.07 Å². The van der Waals surface area contributed by atoms with Gasteiger partial charge in [-0.1, -0.05) is 6.92 Å². The minimum absolute atomic E-state index is 0.0434. The number of amides is 1. The van der Waals surface area contributed by atoms with E-state index in [0.717, 1.165) is 43.7 Å². The summed E-state index contributed by atoms with van der Waals surface area (Å²) in [4.78, 5) is 18.9. The van der Waals surface area contributed by atoms with Crippen molar-refractivity contribution in [3.05, 3.63) is 29.1 Å². The lowest BCUT2D eigenvalue weighted by Gasteiger charge is -2.33. The molecule has 1 aliphatic rings. The number of piperidine rings is 1. The number of aryl methyl sites for hydroxylation is 2. The molecular formula is C14H20N6O. The van der Waals surface area contributed by atoms with Crippen LogP contribution in [0.5, 0.6) is 0 Å². The molecule has 7 heteroatoms. The lowest BCUT2D eigenvalue weighted by molar-refractivity contribution is 0.0594. The molecule has 2 aromatic heterocycles. The summed E-state index contributed by atoms with van der Waals surface area (Å²) in [5.41, 5.74) is 1.45. The van der Waals surface area contributed by atoms with Gasteiger partial charge < -0.3 is 4.90 Å². The third-order valence-corrected chi connectivity index (χ3v) is 3.91. The average Bonchev–Trinajstić information content (AvgIpc) is 3.15. The van der Waals surface area contributed by atoms with Crippen molar-refractivity contribution >= 4 is 5.91 Å². The van der Waals surface area contributed by atoms with Crippen LogP contribution in [-0.4, -0.2) is 42.7 Å². The zero-order valence-electron chi connectivity index (χ0n) is 12.4. The number of rotatable bonds is 3. The number of aromatic amines is 2. The molecule has 2 aromatic rings.